The maximum atomic E-state index is 12.8. The quantitative estimate of drug-likeness (QED) is 0.552. The van der Waals surface area contributed by atoms with Crippen molar-refractivity contribution in [1.82, 2.24) is 4.98 Å². The summed E-state index contributed by atoms with van der Waals surface area (Å²) in [4.78, 5) is 3.54. The SMILES string of the molecule is Nc1cc(CCc2cncc(C(F)(F)F)c2)c(Br)cc1C(F)(F)F. The summed E-state index contributed by atoms with van der Waals surface area (Å²) in [5.74, 6) is 0. The van der Waals surface area contributed by atoms with Crippen molar-refractivity contribution in [2.75, 3.05) is 5.73 Å². The van der Waals surface area contributed by atoms with E-state index in [0.717, 1.165) is 18.3 Å². The van der Waals surface area contributed by atoms with E-state index in [1.165, 1.54) is 12.3 Å². The van der Waals surface area contributed by atoms with Gasteiger partial charge in [0.15, 0.2) is 0 Å². The van der Waals surface area contributed by atoms with Gasteiger partial charge in [0.05, 0.1) is 11.1 Å². The molecular weight excluding hydrogens is 402 g/mol. The summed E-state index contributed by atoms with van der Waals surface area (Å²) in [5.41, 5.74) is 3.97. The molecule has 0 saturated carbocycles. The molecule has 130 valence electrons. The molecule has 2 aromatic rings. The van der Waals surface area contributed by atoms with Crippen LogP contribution in [0.3, 0.4) is 0 Å². The Morgan fingerprint density at radius 3 is 2.17 bits per heavy atom. The number of anilines is 1. The highest BCUT2D eigenvalue weighted by Gasteiger charge is 2.33. The molecule has 9 heteroatoms. The Hall–Kier alpha value is -1.77. The van der Waals surface area contributed by atoms with Crippen LogP contribution in [0.15, 0.2) is 35.1 Å². The van der Waals surface area contributed by atoms with Crippen molar-refractivity contribution in [2.45, 2.75) is 25.2 Å². The Labute approximate surface area is 141 Å². The third-order valence-corrected chi connectivity index (χ3v) is 4.07. The molecule has 0 bridgehead atoms. The number of hydrogen-bond donors (Lipinski definition) is 1. The largest absolute Gasteiger partial charge is 0.418 e. The monoisotopic (exact) mass is 412 g/mol. The number of benzene rings is 1. The lowest BCUT2D eigenvalue weighted by molar-refractivity contribution is -0.138. The van der Waals surface area contributed by atoms with Crippen molar-refractivity contribution in [1.29, 1.82) is 0 Å². The second kappa shape index (κ2) is 6.62. The second-order valence-electron chi connectivity index (χ2n) is 5.11. The van der Waals surface area contributed by atoms with Gasteiger partial charge in [-0.15, -0.1) is 0 Å². The topological polar surface area (TPSA) is 38.9 Å². The Kier molecular flexibility index (Phi) is 5.12. The van der Waals surface area contributed by atoms with Crippen LogP contribution in [0.4, 0.5) is 32.0 Å². The molecule has 1 aromatic heterocycles. The number of halogens is 7. The molecule has 0 amide bonds. The van der Waals surface area contributed by atoms with E-state index >= 15 is 0 Å². The molecule has 1 aromatic carbocycles. The average Bonchev–Trinajstić information content (AvgIpc) is 2.46. The molecule has 0 unspecified atom stereocenters. The van der Waals surface area contributed by atoms with Crippen molar-refractivity contribution in [3.63, 3.8) is 0 Å². The summed E-state index contributed by atoms with van der Waals surface area (Å²) in [6, 6.07) is 3.01. The van der Waals surface area contributed by atoms with Crippen LogP contribution in [-0.4, -0.2) is 4.98 Å². The summed E-state index contributed by atoms with van der Waals surface area (Å²) >= 11 is 3.04. The number of nitrogens with two attached hydrogens (primary N) is 1. The molecule has 0 aliphatic rings. The molecule has 0 fully saturated rings. The minimum Gasteiger partial charge on any atom is -0.398 e. The fraction of sp³-hybridized carbons (Fsp3) is 0.267. The lowest BCUT2D eigenvalue weighted by Gasteiger charge is -2.14. The van der Waals surface area contributed by atoms with E-state index in [0.29, 0.717) is 11.1 Å². The summed E-state index contributed by atoms with van der Waals surface area (Å²) < 4.78 is 76.4. The second-order valence-corrected chi connectivity index (χ2v) is 5.96. The van der Waals surface area contributed by atoms with Crippen LogP contribution in [0.25, 0.3) is 0 Å². The van der Waals surface area contributed by atoms with Crippen molar-refractivity contribution in [3.05, 3.63) is 57.3 Å². The fourth-order valence-electron chi connectivity index (χ4n) is 2.13. The third kappa shape index (κ3) is 4.40. The Bertz CT molecular complexity index is 740. The van der Waals surface area contributed by atoms with E-state index in [2.05, 4.69) is 20.9 Å². The highest BCUT2D eigenvalue weighted by Crippen LogP contribution is 2.37. The molecule has 0 aliphatic heterocycles. The first kappa shape index (κ1) is 18.6. The average molecular weight is 413 g/mol. The molecule has 1 heterocycles. The molecule has 0 aliphatic carbocycles. The number of aryl methyl sites for hydroxylation is 2. The van der Waals surface area contributed by atoms with Gasteiger partial charge in [-0.25, -0.2) is 0 Å². The lowest BCUT2D eigenvalue weighted by Crippen LogP contribution is -2.10. The Morgan fingerprint density at radius 1 is 0.917 bits per heavy atom. The minimum atomic E-state index is -4.57. The van der Waals surface area contributed by atoms with Crippen molar-refractivity contribution < 1.29 is 26.3 Å². The summed E-state index contributed by atoms with van der Waals surface area (Å²) in [5, 5.41) is 0. The van der Waals surface area contributed by atoms with Crippen LogP contribution in [0.5, 0.6) is 0 Å². The van der Waals surface area contributed by atoms with E-state index in [-0.39, 0.29) is 17.3 Å². The first-order valence-corrected chi connectivity index (χ1v) is 7.44. The zero-order valence-electron chi connectivity index (χ0n) is 12.0. The standard InChI is InChI=1S/C15H11BrF6N2/c16-12-5-11(15(20,21)22)13(23)4-9(12)2-1-8-3-10(7-24-6-8)14(17,18)19/h3-7H,1-2,23H2. The number of rotatable bonds is 3. The van der Waals surface area contributed by atoms with Crippen molar-refractivity contribution >= 4 is 21.6 Å². The smallest absolute Gasteiger partial charge is 0.398 e. The maximum Gasteiger partial charge on any atom is 0.418 e. The molecular formula is C15H11BrF6N2. The van der Waals surface area contributed by atoms with Crippen molar-refractivity contribution in [2.24, 2.45) is 0 Å². The number of nitrogens with zero attached hydrogens (tertiary/aromatic N) is 1. The number of hydrogen-bond acceptors (Lipinski definition) is 2. The van der Waals surface area contributed by atoms with E-state index in [1.807, 2.05) is 0 Å². The number of nitrogen functional groups attached to an aromatic ring is 1. The molecule has 0 radical (unpaired) electrons. The fourth-order valence-corrected chi connectivity index (χ4v) is 2.67. The van der Waals surface area contributed by atoms with Gasteiger partial charge in [0.1, 0.15) is 0 Å². The molecule has 0 saturated heterocycles. The first-order valence-electron chi connectivity index (χ1n) is 6.64. The molecule has 2 rings (SSSR count). The van der Waals surface area contributed by atoms with Gasteiger partial charge in [0, 0.05) is 22.6 Å². The van der Waals surface area contributed by atoms with Gasteiger partial charge in [-0.05, 0) is 42.2 Å². The number of alkyl halides is 6. The third-order valence-electron chi connectivity index (χ3n) is 3.33. The van der Waals surface area contributed by atoms with E-state index < -0.39 is 29.2 Å². The molecule has 0 spiro atoms. The Morgan fingerprint density at radius 2 is 1.58 bits per heavy atom. The van der Waals surface area contributed by atoms with Gasteiger partial charge >= 0.3 is 12.4 Å². The van der Waals surface area contributed by atoms with Crippen LogP contribution in [-0.2, 0) is 25.2 Å². The van der Waals surface area contributed by atoms with Crippen LogP contribution < -0.4 is 5.73 Å². The minimum absolute atomic E-state index is 0.181. The van der Waals surface area contributed by atoms with Gasteiger partial charge in [-0.3, -0.25) is 4.98 Å². The number of pyridine rings is 1. The van der Waals surface area contributed by atoms with Crippen LogP contribution in [0.1, 0.15) is 22.3 Å². The maximum absolute atomic E-state index is 12.8. The van der Waals surface area contributed by atoms with E-state index in [4.69, 9.17) is 5.73 Å². The first-order chi connectivity index (χ1) is 11.0. The van der Waals surface area contributed by atoms with Crippen LogP contribution in [0, 0.1) is 0 Å². The van der Waals surface area contributed by atoms with E-state index in [1.54, 1.807) is 0 Å². The Balaban J connectivity index is 2.20. The number of aromatic nitrogens is 1. The van der Waals surface area contributed by atoms with Gasteiger partial charge < -0.3 is 5.73 Å². The predicted octanol–water partition coefficient (Wildman–Crippen LogP) is 5.25. The predicted molar refractivity (Wildman–Crippen MR) is 80.2 cm³/mol. The van der Waals surface area contributed by atoms with Crippen LogP contribution >= 0.6 is 15.9 Å². The summed E-state index contributed by atoms with van der Waals surface area (Å²) in [6.07, 6.45) is -6.67. The molecule has 0 atom stereocenters. The van der Waals surface area contributed by atoms with Crippen molar-refractivity contribution in [3.8, 4) is 0 Å². The zero-order chi connectivity index (χ0) is 18.1. The van der Waals surface area contributed by atoms with Gasteiger partial charge in [0.25, 0.3) is 0 Å². The summed E-state index contributed by atoms with van der Waals surface area (Å²) in [6.45, 7) is 0. The lowest BCUT2D eigenvalue weighted by atomic mass is 10.0. The normalized spacial score (nSPS) is 12.5. The molecule has 24 heavy (non-hydrogen) atoms. The summed E-state index contributed by atoms with van der Waals surface area (Å²) in [7, 11) is 0. The van der Waals surface area contributed by atoms with Crippen LogP contribution in [0.2, 0.25) is 0 Å². The van der Waals surface area contributed by atoms with Gasteiger partial charge in [0.2, 0.25) is 0 Å². The molecule has 2 nitrogen and oxygen atoms in total. The molecule has 2 N–H and O–H groups in total. The van der Waals surface area contributed by atoms with Gasteiger partial charge in [-0.1, -0.05) is 15.9 Å². The van der Waals surface area contributed by atoms with E-state index in [9.17, 15) is 26.3 Å². The highest BCUT2D eigenvalue weighted by molar-refractivity contribution is 9.10. The zero-order valence-corrected chi connectivity index (χ0v) is 13.6. The van der Waals surface area contributed by atoms with Gasteiger partial charge in [-0.2, -0.15) is 26.3 Å². The highest BCUT2D eigenvalue weighted by atomic mass is 79.9.